The molecule has 2 aromatic rings. The second-order valence-electron chi connectivity index (χ2n) is 6.82. The summed E-state index contributed by atoms with van der Waals surface area (Å²) in [5, 5.41) is 3.35. The van der Waals surface area contributed by atoms with Crippen molar-refractivity contribution in [2.45, 2.75) is 39.8 Å². The lowest BCUT2D eigenvalue weighted by molar-refractivity contribution is -0.135. The van der Waals surface area contributed by atoms with Gasteiger partial charge in [-0.1, -0.05) is 60.7 Å². The number of nitrogens with zero attached hydrogens (tertiary/aromatic N) is 2. The number of allylic oxidation sites excluding steroid dienone is 2. The van der Waals surface area contributed by atoms with E-state index in [1.165, 1.54) is 4.90 Å². The van der Waals surface area contributed by atoms with Gasteiger partial charge in [0.2, 0.25) is 11.8 Å². The molecule has 28 heavy (non-hydrogen) atoms. The molecule has 5 nitrogen and oxygen atoms in total. The molecule has 0 aromatic heterocycles. The smallest absolute Gasteiger partial charge is 0.234 e. The van der Waals surface area contributed by atoms with Crippen LogP contribution in [0.5, 0.6) is 0 Å². The molecule has 1 N–H and O–H groups in total. The van der Waals surface area contributed by atoms with Gasteiger partial charge in [-0.25, -0.2) is 4.90 Å². The molecule has 144 valence electrons. The Labute approximate surface area is 165 Å². The van der Waals surface area contributed by atoms with E-state index in [0.717, 1.165) is 16.8 Å². The van der Waals surface area contributed by atoms with Crippen molar-refractivity contribution in [3.05, 3.63) is 83.2 Å². The van der Waals surface area contributed by atoms with E-state index in [4.69, 9.17) is 0 Å². The molecule has 0 unspecified atom stereocenters. The fourth-order valence-electron chi connectivity index (χ4n) is 3.21. The number of benzene rings is 2. The quantitative estimate of drug-likeness (QED) is 0.591. The molecular weight excluding hydrogens is 350 g/mol. The molecule has 1 heterocycles. The zero-order chi connectivity index (χ0) is 19.9. The van der Waals surface area contributed by atoms with Gasteiger partial charge in [0.1, 0.15) is 0 Å². The van der Waals surface area contributed by atoms with E-state index in [2.05, 4.69) is 10.3 Å². The summed E-state index contributed by atoms with van der Waals surface area (Å²) >= 11 is 0. The Hall–Kier alpha value is -3.21. The predicted octanol–water partition coefficient (Wildman–Crippen LogP) is 3.82. The van der Waals surface area contributed by atoms with Crippen molar-refractivity contribution in [2.75, 3.05) is 0 Å². The van der Waals surface area contributed by atoms with Crippen LogP contribution in [0.25, 0.3) is 0 Å². The number of hydrogen-bond donors (Lipinski definition) is 1. The lowest BCUT2D eigenvalue weighted by atomic mass is 10.1. The molecule has 1 aliphatic rings. The van der Waals surface area contributed by atoms with Crippen molar-refractivity contribution in [2.24, 2.45) is 4.99 Å². The lowest BCUT2D eigenvalue weighted by Crippen LogP contribution is -2.34. The summed E-state index contributed by atoms with van der Waals surface area (Å²) in [6.07, 6.45) is 0.501. The molecule has 0 atom stereocenters. The van der Waals surface area contributed by atoms with Gasteiger partial charge in [-0.05, 0) is 25.0 Å². The highest BCUT2D eigenvalue weighted by Gasteiger charge is 2.34. The first-order chi connectivity index (χ1) is 13.6. The second kappa shape index (κ2) is 9.13. The van der Waals surface area contributed by atoms with Crippen LogP contribution in [0, 0.1) is 0 Å². The van der Waals surface area contributed by atoms with Gasteiger partial charge in [0.05, 0.1) is 18.0 Å². The largest absolute Gasteiger partial charge is 0.383 e. The summed E-state index contributed by atoms with van der Waals surface area (Å²) in [6, 6.07) is 19.9. The number of likely N-dealkylation sites (tertiary alicyclic amines) is 1. The van der Waals surface area contributed by atoms with E-state index in [0.29, 0.717) is 24.5 Å². The predicted molar refractivity (Wildman–Crippen MR) is 110 cm³/mol. The molecule has 1 aliphatic heterocycles. The lowest BCUT2D eigenvalue weighted by Gasteiger charge is -2.22. The number of amides is 2. The summed E-state index contributed by atoms with van der Waals surface area (Å²) in [4.78, 5) is 30.7. The third-order valence-corrected chi connectivity index (χ3v) is 4.72. The fraction of sp³-hybridized carbons (Fsp3) is 0.261. The molecule has 0 radical (unpaired) electrons. The highest BCUT2D eigenvalue weighted by atomic mass is 16.2. The van der Waals surface area contributed by atoms with Crippen molar-refractivity contribution in [1.82, 2.24) is 10.2 Å². The zero-order valence-electron chi connectivity index (χ0n) is 16.3. The first-order valence-corrected chi connectivity index (χ1v) is 9.46. The number of hydrogen-bond acceptors (Lipinski definition) is 4. The van der Waals surface area contributed by atoms with Gasteiger partial charge in [-0.15, -0.1) is 0 Å². The third kappa shape index (κ3) is 4.74. The highest BCUT2D eigenvalue weighted by molar-refractivity contribution is 6.12. The Morgan fingerprint density at radius 1 is 0.893 bits per heavy atom. The SMILES string of the molecule is CC(=NCc1ccccc1)/C(=C(/C)NCc1ccccc1)N1C(=O)CCC1=O. The first-order valence-electron chi connectivity index (χ1n) is 9.46. The Bertz CT molecular complexity index is 886. The average molecular weight is 375 g/mol. The van der Waals surface area contributed by atoms with Crippen LogP contribution in [0.4, 0.5) is 0 Å². The van der Waals surface area contributed by atoms with Crippen LogP contribution in [-0.2, 0) is 22.7 Å². The van der Waals surface area contributed by atoms with E-state index in [-0.39, 0.29) is 24.7 Å². The van der Waals surface area contributed by atoms with Gasteiger partial charge in [-0.2, -0.15) is 0 Å². The van der Waals surface area contributed by atoms with E-state index in [1.54, 1.807) is 0 Å². The minimum Gasteiger partial charge on any atom is -0.383 e. The highest BCUT2D eigenvalue weighted by Crippen LogP contribution is 2.22. The monoisotopic (exact) mass is 375 g/mol. The van der Waals surface area contributed by atoms with Gasteiger partial charge in [0, 0.05) is 25.1 Å². The summed E-state index contributed by atoms with van der Waals surface area (Å²) in [6.45, 7) is 4.85. The molecule has 1 saturated heterocycles. The van der Waals surface area contributed by atoms with E-state index >= 15 is 0 Å². The van der Waals surface area contributed by atoms with Crippen LogP contribution in [0.2, 0.25) is 0 Å². The Kier molecular flexibility index (Phi) is 6.37. The van der Waals surface area contributed by atoms with Crippen molar-refractivity contribution < 1.29 is 9.59 Å². The topological polar surface area (TPSA) is 61.8 Å². The van der Waals surface area contributed by atoms with E-state index in [9.17, 15) is 9.59 Å². The van der Waals surface area contributed by atoms with Crippen molar-refractivity contribution in [3.63, 3.8) is 0 Å². The molecule has 0 bridgehead atoms. The summed E-state index contributed by atoms with van der Waals surface area (Å²) < 4.78 is 0. The molecular formula is C23H25N3O2. The Morgan fingerprint density at radius 3 is 2.00 bits per heavy atom. The van der Waals surface area contributed by atoms with E-state index in [1.807, 2.05) is 74.5 Å². The van der Waals surface area contributed by atoms with Gasteiger partial charge < -0.3 is 5.32 Å². The number of rotatable bonds is 7. The molecule has 1 fully saturated rings. The third-order valence-electron chi connectivity index (χ3n) is 4.72. The second-order valence-corrected chi connectivity index (χ2v) is 6.82. The number of carbonyl (C=O) groups excluding carboxylic acids is 2. The molecule has 2 amide bonds. The summed E-state index contributed by atoms with van der Waals surface area (Å²) in [5.41, 5.74) is 4.21. The standard InChI is InChI=1S/C23H25N3O2/c1-17(24-15-19-9-5-3-6-10-19)23(26-21(27)13-14-22(26)28)18(2)25-16-20-11-7-4-8-12-20/h3-12,24H,13-16H2,1-2H3/b23-17+,25-18?. The maximum absolute atomic E-state index is 12.4. The van der Waals surface area contributed by atoms with Crippen molar-refractivity contribution >= 4 is 17.5 Å². The molecule has 2 aromatic carbocycles. The Balaban J connectivity index is 1.87. The minimum absolute atomic E-state index is 0.171. The fourth-order valence-corrected chi connectivity index (χ4v) is 3.21. The maximum Gasteiger partial charge on any atom is 0.234 e. The van der Waals surface area contributed by atoms with Crippen molar-refractivity contribution in [1.29, 1.82) is 0 Å². The average Bonchev–Trinajstić information content (AvgIpc) is 3.05. The number of aliphatic imine (C=N–C) groups is 1. The van der Waals surface area contributed by atoms with Crippen LogP contribution in [0.1, 0.15) is 37.8 Å². The molecule has 3 rings (SSSR count). The van der Waals surface area contributed by atoms with Gasteiger partial charge in [0.25, 0.3) is 0 Å². The first kappa shape index (κ1) is 19.5. The van der Waals surface area contributed by atoms with Crippen LogP contribution in [-0.4, -0.2) is 22.4 Å². The molecule has 0 saturated carbocycles. The Morgan fingerprint density at radius 2 is 1.43 bits per heavy atom. The van der Waals surface area contributed by atoms with Crippen LogP contribution < -0.4 is 5.32 Å². The van der Waals surface area contributed by atoms with Gasteiger partial charge >= 0.3 is 0 Å². The summed E-state index contributed by atoms with van der Waals surface area (Å²) in [7, 11) is 0. The van der Waals surface area contributed by atoms with Gasteiger partial charge in [0.15, 0.2) is 0 Å². The van der Waals surface area contributed by atoms with Gasteiger partial charge in [-0.3, -0.25) is 14.6 Å². The summed E-state index contributed by atoms with van der Waals surface area (Å²) in [5.74, 6) is -0.342. The van der Waals surface area contributed by atoms with Crippen LogP contribution in [0.15, 0.2) is 77.1 Å². The van der Waals surface area contributed by atoms with Crippen LogP contribution >= 0.6 is 0 Å². The van der Waals surface area contributed by atoms with E-state index < -0.39 is 0 Å². The number of imide groups is 1. The number of carbonyl (C=O) groups is 2. The molecule has 0 spiro atoms. The normalized spacial score (nSPS) is 15.6. The van der Waals surface area contributed by atoms with Crippen molar-refractivity contribution in [3.8, 4) is 0 Å². The molecule has 5 heteroatoms. The number of nitrogens with one attached hydrogen (secondary N) is 1. The van der Waals surface area contributed by atoms with Crippen LogP contribution in [0.3, 0.4) is 0 Å². The zero-order valence-corrected chi connectivity index (χ0v) is 16.3. The minimum atomic E-state index is -0.171. The molecule has 0 aliphatic carbocycles. The maximum atomic E-state index is 12.4.